The molecule has 0 saturated carbocycles. The standard InChI is InChI=1S/C19H22N4O3/c20-18(19(24)26-14-16-5-2-1-3-6-16)13-15-7-9-17(10-8-15)25-12-4-11-22-23-21/h1-3,5-10,18H,4,11-14,20H2/t18-/m0/s1. The van der Waals surface area contributed by atoms with Crippen molar-refractivity contribution in [3.63, 3.8) is 0 Å². The van der Waals surface area contributed by atoms with Gasteiger partial charge in [-0.1, -0.05) is 47.6 Å². The SMILES string of the molecule is [N-]=[N+]=NCCCOc1ccc(C[C@H](N)C(=O)OCc2ccccc2)cc1. The topological polar surface area (TPSA) is 110 Å². The number of benzene rings is 2. The first-order valence-corrected chi connectivity index (χ1v) is 8.38. The third kappa shape index (κ3) is 6.84. The van der Waals surface area contributed by atoms with Gasteiger partial charge in [0.1, 0.15) is 18.4 Å². The van der Waals surface area contributed by atoms with Crippen LogP contribution in [0.5, 0.6) is 5.75 Å². The highest BCUT2D eigenvalue weighted by Gasteiger charge is 2.15. The van der Waals surface area contributed by atoms with Crippen molar-refractivity contribution in [2.75, 3.05) is 13.2 Å². The molecule has 0 aliphatic heterocycles. The molecule has 0 heterocycles. The molecule has 0 aliphatic rings. The maximum atomic E-state index is 12.0. The van der Waals surface area contributed by atoms with Crippen molar-refractivity contribution < 1.29 is 14.3 Å². The molecule has 0 amide bonds. The Morgan fingerprint density at radius 2 is 1.85 bits per heavy atom. The summed E-state index contributed by atoms with van der Waals surface area (Å²) in [5.41, 5.74) is 16.0. The van der Waals surface area contributed by atoms with E-state index in [9.17, 15) is 4.79 Å². The lowest BCUT2D eigenvalue weighted by atomic mass is 10.1. The summed E-state index contributed by atoms with van der Waals surface area (Å²) in [4.78, 5) is 14.7. The molecule has 1 atom stereocenters. The van der Waals surface area contributed by atoms with Crippen LogP contribution in [0.25, 0.3) is 10.4 Å². The number of nitrogens with zero attached hydrogens (tertiary/aromatic N) is 3. The minimum atomic E-state index is -0.714. The zero-order chi connectivity index (χ0) is 18.6. The quantitative estimate of drug-likeness (QED) is 0.232. The Morgan fingerprint density at radius 3 is 2.54 bits per heavy atom. The van der Waals surface area contributed by atoms with Crippen LogP contribution in [-0.2, 0) is 22.6 Å². The molecule has 0 bridgehead atoms. The van der Waals surface area contributed by atoms with E-state index < -0.39 is 12.0 Å². The number of hydrogen-bond acceptors (Lipinski definition) is 5. The molecule has 0 aliphatic carbocycles. The summed E-state index contributed by atoms with van der Waals surface area (Å²) in [5, 5.41) is 3.44. The zero-order valence-corrected chi connectivity index (χ0v) is 14.5. The molecular formula is C19H22N4O3. The fraction of sp³-hybridized carbons (Fsp3) is 0.316. The molecule has 2 rings (SSSR count). The number of carbonyl (C=O) groups excluding carboxylic acids is 1. The summed E-state index contributed by atoms with van der Waals surface area (Å²) in [5.74, 6) is 0.294. The summed E-state index contributed by atoms with van der Waals surface area (Å²) in [6, 6.07) is 16.1. The van der Waals surface area contributed by atoms with Crippen molar-refractivity contribution in [1.82, 2.24) is 0 Å². The molecule has 0 fully saturated rings. The van der Waals surface area contributed by atoms with E-state index in [-0.39, 0.29) is 6.61 Å². The molecule has 7 nitrogen and oxygen atoms in total. The molecule has 26 heavy (non-hydrogen) atoms. The lowest BCUT2D eigenvalue weighted by Crippen LogP contribution is -2.34. The van der Waals surface area contributed by atoms with Gasteiger partial charge in [-0.15, -0.1) is 0 Å². The number of hydrogen-bond donors (Lipinski definition) is 1. The molecule has 2 N–H and O–H groups in total. The lowest BCUT2D eigenvalue weighted by Gasteiger charge is -2.12. The van der Waals surface area contributed by atoms with Crippen LogP contribution in [0, 0.1) is 0 Å². The van der Waals surface area contributed by atoms with Crippen LogP contribution in [0.3, 0.4) is 0 Å². The number of nitrogens with two attached hydrogens (primary N) is 1. The number of carbonyl (C=O) groups is 1. The zero-order valence-electron chi connectivity index (χ0n) is 14.5. The van der Waals surface area contributed by atoms with Gasteiger partial charge in [0.25, 0.3) is 0 Å². The Bertz CT molecular complexity index is 728. The summed E-state index contributed by atoms with van der Waals surface area (Å²) in [6.07, 6.45) is 1.05. The smallest absolute Gasteiger partial charge is 0.323 e. The Labute approximate surface area is 152 Å². The highest BCUT2D eigenvalue weighted by molar-refractivity contribution is 5.75. The van der Waals surface area contributed by atoms with Crippen molar-refractivity contribution in [2.45, 2.75) is 25.5 Å². The minimum absolute atomic E-state index is 0.218. The van der Waals surface area contributed by atoms with E-state index in [4.69, 9.17) is 20.7 Å². The van der Waals surface area contributed by atoms with Gasteiger partial charge in [0.05, 0.1) is 6.61 Å². The van der Waals surface area contributed by atoms with Crippen molar-refractivity contribution in [3.05, 3.63) is 76.2 Å². The largest absolute Gasteiger partial charge is 0.494 e. The van der Waals surface area contributed by atoms with Crippen LogP contribution in [0.2, 0.25) is 0 Å². The van der Waals surface area contributed by atoms with E-state index in [1.165, 1.54) is 0 Å². The van der Waals surface area contributed by atoms with E-state index in [1.54, 1.807) is 0 Å². The molecule has 2 aromatic carbocycles. The molecule has 0 unspecified atom stereocenters. The number of rotatable bonds is 10. The van der Waals surface area contributed by atoms with E-state index in [2.05, 4.69) is 10.0 Å². The summed E-state index contributed by atoms with van der Waals surface area (Å²) in [6.45, 7) is 1.11. The molecule has 7 heteroatoms. The molecule has 0 saturated heterocycles. The second-order valence-electron chi connectivity index (χ2n) is 5.70. The van der Waals surface area contributed by atoms with Crippen LogP contribution >= 0.6 is 0 Å². The van der Waals surface area contributed by atoms with Gasteiger partial charge in [-0.3, -0.25) is 4.79 Å². The van der Waals surface area contributed by atoms with Crippen LogP contribution in [0.4, 0.5) is 0 Å². The van der Waals surface area contributed by atoms with Crippen LogP contribution in [0.1, 0.15) is 17.5 Å². The van der Waals surface area contributed by atoms with Gasteiger partial charge < -0.3 is 15.2 Å². The normalized spacial score (nSPS) is 11.3. The van der Waals surface area contributed by atoms with Gasteiger partial charge in [-0.2, -0.15) is 0 Å². The maximum absolute atomic E-state index is 12.0. The van der Waals surface area contributed by atoms with Crippen molar-refractivity contribution in [3.8, 4) is 5.75 Å². The van der Waals surface area contributed by atoms with Gasteiger partial charge in [-0.25, -0.2) is 0 Å². The van der Waals surface area contributed by atoms with Crippen molar-refractivity contribution >= 4 is 5.97 Å². The average molecular weight is 354 g/mol. The molecule has 0 radical (unpaired) electrons. The molecule has 2 aromatic rings. The monoisotopic (exact) mass is 354 g/mol. The second-order valence-corrected chi connectivity index (χ2v) is 5.70. The maximum Gasteiger partial charge on any atom is 0.323 e. The first kappa shape index (κ1) is 19.3. The number of azide groups is 1. The van der Waals surface area contributed by atoms with E-state index in [0.29, 0.717) is 26.0 Å². The average Bonchev–Trinajstić information content (AvgIpc) is 2.68. The summed E-state index contributed by atoms with van der Waals surface area (Å²) in [7, 11) is 0. The molecular weight excluding hydrogens is 332 g/mol. The Balaban J connectivity index is 1.74. The van der Waals surface area contributed by atoms with Gasteiger partial charge in [0.2, 0.25) is 0 Å². The van der Waals surface area contributed by atoms with E-state index in [1.807, 2.05) is 54.6 Å². The van der Waals surface area contributed by atoms with Gasteiger partial charge in [0, 0.05) is 11.5 Å². The molecule has 136 valence electrons. The fourth-order valence-corrected chi connectivity index (χ4v) is 2.26. The predicted molar refractivity (Wildman–Crippen MR) is 98.5 cm³/mol. The Kier molecular flexibility index (Phi) is 7.99. The summed E-state index contributed by atoms with van der Waals surface area (Å²) < 4.78 is 10.8. The Morgan fingerprint density at radius 1 is 1.12 bits per heavy atom. The van der Waals surface area contributed by atoms with E-state index >= 15 is 0 Å². The predicted octanol–water partition coefficient (Wildman–Crippen LogP) is 3.38. The van der Waals surface area contributed by atoms with Crippen molar-refractivity contribution in [2.24, 2.45) is 10.8 Å². The number of ether oxygens (including phenoxy) is 2. The molecule has 0 spiro atoms. The van der Waals surface area contributed by atoms with Crippen LogP contribution in [-0.4, -0.2) is 25.2 Å². The van der Waals surface area contributed by atoms with Gasteiger partial charge in [0.15, 0.2) is 0 Å². The third-order valence-electron chi connectivity index (χ3n) is 3.64. The summed E-state index contributed by atoms with van der Waals surface area (Å²) >= 11 is 0. The number of esters is 1. The van der Waals surface area contributed by atoms with Crippen LogP contribution < -0.4 is 10.5 Å². The first-order valence-electron chi connectivity index (χ1n) is 8.38. The minimum Gasteiger partial charge on any atom is -0.494 e. The molecule has 0 aromatic heterocycles. The van der Waals surface area contributed by atoms with Gasteiger partial charge >= 0.3 is 5.97 Å². The van der Waals surface area contributed by atoms with E-state index in [0.717, 1.165) is 16.9 Å². The highest BCUT2D eigenvalue weighted by atomic mass is 16.5. The Hall–Kier alpha value is -3.02. The highest BCUT2D eigenvalue weighted by Crippen LogP contribution is 2.14. The van der Waals surface area contributed by atoms with Gasteiger partial charge in [-0.05, 0) is 41.6 Å². The first-order chi connectivity index (χ1) is 12.7. The third-order valence-corrected chi connectivity index (χ3v) is 3.64. The second kappa shape index (κ2) is 10.8. The lowest BCUT2D eigenvalue weighted by molar-refractivity contribution is -0.146. The van der Waals surface area contributed by atoms with Crippen molar-refractivity contribution in [1.29, 1.82) is 0 Å². The fourth-order valence-electron chi connectivity index (χ4n) is 2.26. The van der Waals surface area contributed by atoms with Crippen LogP contribution in [0.15, 0.2) is 59.7 Å².